The van der Waals surface area contributed by atoms with Crippen LogP contribution in [0.25, 0.3) is 11.3 Å². The molecule has 1 aromatic carbocycles. The van der Waals surface area contributed by atoms with E-state index in [0.29, 0.717) is 64.5 Å². The topological polar surface area (TPSA) is 177 Å². The summed E-state index contributed by atoms with van der Waals surface area (Å²) in [5, 5.41) is 27.6. The Morgan fingerprint density at radius 3 is 2.48 bits per heavy atom. The number of anilines is 6. The standard InChI is InChI=1S/C50H61N11O5/c1-8-44(63)54-38-24-33(9-10-40(38)59-20-19-58(28-31(59)2)34-13-17-57(18-14-34)35-11-15-51-43(25-35)50(5,6)66)53-45-48(65)56(7)29-39(55-45)36-12-16-52-46(37(36)30-62)61-22-21-60-41(47(61)64)23-32-26-49(3,4)27-42(32)60/h8-12,15-16,23-25,29,31,34,62,66H,1,13-14,17-22,26-28,30H2,2-7H3,(H,53,55)(H,54,63)/t31-/m0/s1. The number of aromatic nitrogens is 5. The summed E-state index contributed by atoms with van der Waals surface area (Å²) in [4.78, 5) is 63.2. The van der Waals surface area contributed by atoms with Gasteiger partial charge in [0.15, 0.2) is 5.82 Å². The SMILES string of the molecule is C=CC(=O)Nc1cc(Nc2nc(-c3ccnc(N4CCn5c(cc6c5CC(C)(C)C6)C4=O)c3CO)cn(C)c2=O)ccc1N1CCN(C2CCN(c3ccnc(C(C)(C)O)c3)CC2)C[C@@H]1C. The Labute approximate surface area is 385 Å². The maximum Gasteiger partial charge on any atom is 0.293 e. The molecule has 0 spiro atoms. The Kier molecular flexibility index (Phi) is 11.9. The number of fused-ring (bicyclic) bond motifs is 3. The van der Waals surface area contributed by atoms with Crippen LogP contribution in [0.1, 0.15) is 80.5 Å². The van der Waals surface area contributed by atoms with E-state index < -0.39 is 12.2 Å². The van der Waals surface area contributed by atoms with E-state index in [0.717, 1.165) is 69.8 Å². The van der Waals surface area contributed by atoms with Crippen LogP contribution in [0.4, 0.5) is 34.4 Å². The minimum absolute atomic E-state index is 0.0463. The molecule has 5 aromatic rings. The van der Waals surface area contributed by atoms with Crippen molar-refractivity contribution in [1.29, 1.82) is 0 Å². The van der Waals surface area contributed by atoms with E-state index in [2.05, 4.69) is 67.2 Å². The molecular formula is C50H61N11O5. The maximum atomic E-state index is 14.0. The number of aliphatic hydroxyl groups excluding tert-OH is 1. The van der Waals surface area contributed by atoms with Gasteiger partial charge in [0.2, 0.25) is 5.91 Å². The van der Waals surface area contributed by atoms with E-state index in [-0.39, 0.29) is 34.6 Å². The van der Waals surface area contributed by atoms with Gasteiger partial charge in [-0.25, -0.2) is 9.97 Å². The highest BCUT2D eigenvalue weighted by Gasteiger charge is 2.38. The summed E-state index contributed by atoms with van der Waals surface area (Å²) in [6, 6.07) is 14.0. The lowest BCUT2D eigenvalue weighted by atomic mass is 9.90. The summed E-state index contributed by atoms with van der Waals surface area (Å²) in [5.74, 6) is -0.112. The van der Waals surface area contributed by atoms with Crippen LogP contribution in [0, 0.1) is 5.41 Å². The van der Waals surface area contributed by atoms with Crippen LogP contribution in [0.2, 0.25) is 0 Å². The molecular weight excluding hydrogens is 835 g/mol. The molecule has 3 aliphatic heterocycles. The second kappa shape index (κ2) is 17.5. The van der Waals surface area contributed by atoms with Gasteiger partial charge in [-0.3, -0.25) is 29.2 Å². The number of nitrogens with zero attached hydrogens (tertiary/aromatic N) is 9. The van der Waals surface area contributed by atoms with Crippen molar-refractivity contribution in [3.8, 4) is 11.3 Å². The molecule has 4 N–H and O–H groups in total. The maximum absolute atomic E-state index is 14.0. The van der Waals surface area contributed by atoms with Gasteiger partial charge in [0, 0.05) is 112 Å². The van der Waals surface area contributed by atoms with Gasteiger partial charge >= 0.3 is 0 Å². The first-order valence-corrected chi connectivity index (χ1v) is 23.0. The molecule has 9 rings (SSSR count). The lowest BCUT2D eigenvalue weighted by Crippen LogP contribution is -2.57. The number of aryl methyl sites for hydroxylation is 1. The first kappa shape index (κ1) is 44.8. The Morgan fingerprint density at radius 2 is 1.76 bits per heavy atom. The summed E-state index contributed by atoms with van der Waals surface area (Å²) in [6.45, 7) is 18.8. The predicted molar refractivity (Wildman–Crippen MR) is 258 cm³/mol. The summed E-state index contributed by atoms with van der Waals surface area (Å²) >= 11 is 0. The van der Waals surface area contributed by atoms with Crippen LogP contribution in [0.15, 0.2) is 78.5 Å². The number of piperidine rings is 1. The number of nitrogens with one attached hydrogen (secondary N) is 2. The molecule has 346 valence electrons. The molecule has 0 radical (unpaired) electrons. The lowest BCUT2D eigenvalue weighted by Gasteiger charge is -2.47. The second-order valence-electron chi connectivity index (χ2n) is 19.6. The van der Waals surface area contributed by atoms with Gasteiger partial charge in [-0.15, -0.1) is 0 Å². The van der Waals surface area contributed by atoms with Crippen LogP contribution in [-0.4, -0.2) is 102 Å². The zero-order chi connectivity index (χ0) is 46.7. The number of pyridine rings is 2. The van der Waals surface area contributed by atoms with Gasteiger partial charge in [-0.1, -0.05) is 20.4 Å². The van der Waals surface area contributed by atoms with Crippen molar-refractivity contribution >= 4 is 46.2 Å². The van der Waals surface area contributed by atoms with Crippen molar-refractivity contribution in [2.75, 3.05) is 64.6 Å². The summed E-state index contributed by atoms with van der Waals surface area (Å²) in [6.07, 6.45) is 10.1. The van der Waals surface area contributed by atoms with Crippen LogP contribution < -0.4 is 30.9 Å². The molecule has 0 unspecified atom stereocenters. The summed E-state index contributed by atoms with van der Waals surface area (Å²) in [7, 11) is 1.64. The van der Waals surface area contributed by atoms with Crippen molar-refractivity contribution in [1.82, 2.24) is 29.0 Å². The van der Waals surface area contributed by atoms with E-state index in [1.165, 1.54) is 21.9 Å². The molecule has 0 bridgehead atoms. The number of aliphatic hydroxyl groups is 2. The van der Waals surface area contributed by atoms with Crippen LogP contribution in [-0.2, 0) is 43.4 Å². The quantitative estimate of drug-likeness (QED) is 0.121. The average molecular weight is 896 g/mol. The number of carbonyl (C=O) groups excluding carboxylic acids is 2. The Balaban J connectivity index is 0.919. The molecule has 2 fully saturated rings. The Bertz CT molecular complexity index is 2760. The van der Waals surface area contributed by atoms with E-state index in [4.69, 9.17) is 4.98 Å². The largest absolute Gasteiger partial charge is 0.392 e. The number of hydrogen-bond acceptors (Lipinski definition) is 12. The van der Waals surface area contributed by atoms with Crippen molar-refractivity contribution in [3.63, 3.8) is 0 Å². The fourth-order valence-electron chi connectivity index (χ4n) is 10.4. The molecule has 2 saturated heterocycles. The van der Waals surface area contributed by atoms with Crippen LogP contribution in [0.5, 0.6) is 0 Å². The molecule has 1 aliphatic carbocycles. The van der Waals surface area contributed by atoms with E-state index in [1.807, 2.05) is 30.3 Å². The van der Waals surface area contributed by atoms with Crippen LogP contribution in [0.3, 0.4) is 0 Å². The van der Waals surface area contributed by atoms with E-state index in [1.54, 1.807) is 56.5 Å². The zero-order valence-corrected chi connectivity index (χ0v) is 38.8. The third kappa shape index (κ3) is 8.60. The number of carbonyl (C=O) groups is 2. The van der Waals surface area contributed by atoms with Gasteiger partial charge in [0.1, 0.15) is 17.1 Å². The van der Waals surface area contributed by atoms with Gasteiger partial charge in [0.25, 0.3) is 11.5 Å². The molecule has 66 heavy (non-hydrogen) atoms. The molecule has 16 heteroatoms. The monoisotopic (exact) mass is 895 g/mol. The highest BCUT2D eigenvalue weighted by molar-refractivity contribution is 6.06. The van der Waals surface area contributed by atoms with Crippen molar-refractivity contribution in [2.45, 2.75) is 91.1 Å². The van der Waals surface area contributed by atoms with Gasteiger partial charge in [-0.05, 0) is 106 Å². The fraction of sp³-hybridized carbons (Fsp3) is 0.440. The number of hydrogen-bond donors (Lipinski definition) is 4. The number of amides is 2. The molecule has 4 aromatic heterocycles. The third-order valence-electron chi connectivity index (χ3n) is 13.8. The molecule has 2 amide bonds. The Hall–Kier alpha value is -6.36. The van der Waals surface area contributed by atoms with E-state index in [9.17, 15) is 24.6 Å². The lowest BCUT2D eigenvalue weighted by molar-refractivity contribution is -0.111. The van der Waals surface area contributed by atoms with Crippen molar-refractivity contribution in [3.05, 3.63) is 112 Å². The highest BCUT2D eigenvalue weighted by atomic mass is 16.3. The highest BCUT2D eigenvalue weighted by Crippen LogP contribution is 2.41. The molecule has 0 saturated carbocycles. The van der Waals surface area contributed by atoms with Gasteiger partial charge < -0.3 is 39.8 Å². The minimum atomic E-state index is -0.999. The first-order valence-electron chi connectivity index (χ1n) is 23.0. The molecule has 16 nitrogen and oxygen atoms in total. The zero-order valence-electron chi connectivity index (χ0n) is 38.8. The molecule has 4 aliphatic rings. The number of piperazine rings is 1. The van der Waals surface area contributed by atoms with Gasteiger partial charge in [0.05, 0.1) is 29.4 Å². The summed E-state index contributed by atoms with van der Waals surface area (Å²) < 4.78 is 3.58. The third-order valence-corrected chi connectivity index (χ3v) is 13.8. The fourth-order valence-corrected chi connectivity index (χ4v) is 10.4. The van der Waals surface area contributed by atoms with Gasteiger partial charge in [-0.2, -0.15) is 0 Å². The number of rotatable bonds is 11. The van der Waals surface area contributed by atoms with Crippen molar-refractivity contribution < 1.29 is 19.8 Å². The summed E-state index contributed by atoms with van der Waals surface area (Å²) in [5.41, 5.74) is 6.98. The minimum Gasteiger partial charge on any atom is -0.392 e. The smallest absolute Gasteiger partial charge is 0.293 e. The molecule has 7 heterocycles. The van der Waals surface area contributed by atoms with Crippen LogP contribution >= 0.6 is 0 Å². The predicted octanol–water partition coefficient (Wildman–Crippen LogP) is 5.59. The number of benzene rings is 1. The normalized spacial score (nSPS) is 18.9. The average Bonchev–Trinajstić information content (AvgIpc) is 3.79. The van der Waals surface area contributed by atoms with E-state index >= 15 is 0 Å². The second-order valence-corrected chi connectivity index (χ2v) is 19.6. The Morgan fingerprint density at radius 1 is 0.985 bits per heavy atom. The first-order chi connectivity index (χ1) is 31.5. The molecule has 1 atom stereocenters. The van der Waals surface area contributed by atoms with Crippen molar-refractivity contribution in [2.24, 2.45) is 12.5 Å².